The maximum absolute atomic E-state index is 11.0. The number of aromatic nitrogens is 4. The summed E-state index contributed by atoms with van der Waals surface area (Å²) in [5.74, 6) is 6.59. The second-order valence-corrected chi connectivity index (χ2v) is 4.31. The third kappa shape index (κ3) is 2.68. The van der Waals surface area contributed by atoms with Crippen LogP contribution in [0, 0.1) is 0 Å². The Balaban J connectivity index is 2.47. The Labute approximate surface area is 109 Å². The second-order valence-electron chi connectivity index (χ2n) is 4.31. The van der Waals surface area contributed by atoms with Crippen molar-refractivity contribution in [3.8, 4) is 5.82 Å². The molecule has 1 amide bonds. The molecule has 100 valence electrons. The van der Waals surface area contributed by atoms with Gasteiger partial charge in [0.2, 0.25) is 0 Å². The lowest BCUT2D eigenvalue weighted by molar-refractivity contribution is 0.100. The minimum atomic E-state index is -0.540. The molecule has 2 aromatic heterocycles. The molecule has 0 aliphatic rings. The second kappa shape index (κ2) is 5.02. The molecule has 8 nitrogen and oxygen atoms in total. The van der Waals surface area contributed by atoms with Crippen LogP contribution in [0.3, 0.4) is 0 Å². The molecule has 8 heteroatoms. The van der Waals surface area contributed by atoms with Gasteiger partial charge < -0.3 is 11.2 Å². The number of carbonyl (C=O) groups excluding carboxylic acids is 1. The van der Waals surface area contributed by atoms with Gasteiger partial charge in [0.1, 0.15) is 11.6 Å². The molecule has 2 heterocycles. The van der Waals surface area contributed by atoms with Crippen LogP contribution in [0.15, 0.2) is 18.5 Å². The summed E-state index contributed by atoms with van der Waals surface area (Å²) in [6.45, 7) is 3.94. The van der Waals surface area contributed by atoms with Crippen molar-refractivity contribution in [3.05, 3.63) is 29.8 Å². The lowest BCUT2D eigenvalue weighted by Gasteiger charge is -2.09. The van der Waals surface area contributed by atoms with Gasteiger partial charge in [-0.25, -0.2) is 20.5 Å². The maximum Gasteiger partial charge on any atom is 0.251 e. The van der Waals surface area contributed by atoms with Gasteiger partial charge in [0.05, 0.1) is 11.8 Å². The zero-order valence-corrected chi connectivity index (χ0v) is 10.7. The van der Waals surface area contributed by atoms with Crippen LogP contribution >= 0.6 is 0 Å². The summed E-state index contributed by atoms with van der Waals surface area (Å²) in [6.07, 6.45) is 2.89. The Bertz CT molecular complexity index is 605. The number of hydrazine groups is 1. The number of hydrogen-bond acceptors (Lipinski definition) is 6. The Morgan fingerprint density at radius 3 is 2.68 bits per heavy atom. The summed E-state index contributed by atoms with van der Waals surface area (Å²) in [4.78, 5) is 19.7. The SMILES string of the molecule is CC(C)c1nc(NN)cc(-n2cc(C(N)=O)cn2)n1. The van der Waals surface area contributed by atoms with Gasteiger partial charge in [0, 0.05) is 18.2 Å². The number of nitrogen functional groups attached to an aromatic ring is 1. The molecule has 0 atom stereocenters. The third-order valence-corrected chi connectivity index (χ3v) is 2.50. The molecule has 5 N–H and O–H groups in total. The van der Waals surface area contributed by atoms with E-state index in [1.54, 1.807) is 6.07 Å². The molecule has 0 saturated heterocycles. The number of carbonyl (C=O) groups is 1. The molecule has 0 unspecified atom stereocenters. The van der Waals surface area contributed by atoms with E-state index in [0.29, 0.717) is 23.0 Å². The van der Waals surface area contributed by atoms with Crippen molar-refractivity contribution in [2.24, 2.45) is 11.6 Å². The molecule has 0 spiro atoms. The average Bonchev–Trinajstić information content (AvgIpc) is 2.87. The molecular formula is C11H15N7O. The van der Waals surface area contributed by atoms with Crippen molar-refractivity contribution in [1.82, 2.24) is 19.7 Å². The topological polar surface area (TPSA) is 125 Å². The Kier molecular flexibility index (Phi) is 3.43. The van der Waals surface area contributed by atoms with Gasteiger partial charge in [-0.3, -0.25) is 4.79 Å². The van der Waals surface area contributed by atoms with Gasteiger partial charge in [0.25, 0.3) is 5.91 Å². The number of nitrogens with one attached hydrogen (secondary N) is 1. The van der Waals surface area contributed by atoms with Crippen molar-refractivity contribution < 1.29 is 4.79 Å². The fraction of sp³-hybridized carbons (Fsp3) is 0.273. The zero-order chi connectivity index (χ0) is 14.0. The van der Waals surface area contributed by atoms with E-state index in [-0.39, 0.29) is 5.92 Å². The van der Waals surface area contributed by atoms with E-state index < -0.39 is 5.91 Å². The molecule has 2 aromatic rings. The number of primary amides is 1. The molecule has 0 bridgehead atoms. The number of nitrogens with zero attached hydrogens (tertiary/aromatic N) is 4. The minimum absolute atomic E-state index is 0.137. The van der Waals surface area contributed by atoms with Crippen LogP contribution in [0.1, 0.15) is 35.9 Å². The molecular weight excluding hydrogens is 246 g/mol. The minimum Gasteiger partial charge on any atom is -0.366 e. The van der Waals surface area contributed by atoms with Crippen molar-refractivity contribution in [3.63, 3.8) is 0 Å². The molecule has 0 radical (unpaired) electrons. The first-order valence-corrected chi connectivity index (χ1v) is 5.71. The molecule has 0 aliphatic carbocycles. The number of rotatable bonds is 4. The van der Waals surface area contributed by atoms with E-state index >= 15 is 0 Å². The van der Waals surface area contributed by atoms with E-state index in [2.05, 4.69) is 20.5 Å². The van der Waals surface area contributed by atoms with Gasteiger partial charge >= 0.3 is 0 Å². The number of anilines is 1. The van der Waals surface area contributed by atoms with Crippen LogP contribution in [-0.2, 0) is 0 Å². The number of nitrogens with two attached hydrogens (primary N) is 2. The Morgan fingerprint density at radius 1 is 1.42 bits per heavy atom. The first kappa shape index (κ1) is 13.0. The average molecular weight is 261 g/mol. The molecule has 0 aromatic carbocycles. The third-order valence-electron chi connectivity index (χ3n) is 2.50. The summed E-state index contributed by atoms with van der Waals surface area (Å²) in [5, 5.41) is 4.04. The van der Waals surface area contributed by atoms with Crippen LogP contribution in [0.2, 0.25) is 0 Å². The van der Waals surface area contributed by atoms with Crippen molar-refractivity contribution in [1.29, 1.82) is 0 Å². The normalized spacial score (nSPS) is 10.7. The largest absolute Gasteiger partial charge is 0.366 e. The molecule has 2 rings (SSSR count). The van der Waals surface area contributed by atoms with Crippen LogP contribution in [0.5, 0.6) is 0 Å². The van der Waals surface area contributed by atoms with Crippen LogP contribution in [-0.4, -0.2) is 25.7 Å². The maximum atomic E-state index is 11.0. The van der Waals surface area contributed by atoms with Crippen LogP contribution in [0.4, 0.5) is 5.82 Å². The van der Waals surface area contributed by atoms with Crippen molar-refractivity contribution in [2.75, 3.05) is 5.43 Å². The van der Waals surface area contributed by atoms with Gasteiger partial charge in [-0.2, -0.15) is 5.10 Å². The molecule has 19 heavy (non-hydrogen) atoms. The summed E-state index contributed by atoms with van der Waals surface area (Å²) in [5.41, 5.74) is 7.97. The van der Waals surface area contributed by atoms with E-state index in [1.165, 1.54) is 17.1 Å². The molecule has 0 aliphatic heterocycles. The fourth-order valence-electron chi connectivity index (χ4n) is 1.48. The predicted octanol–water partition coefficient (Wildman–Crippen LogP) is 0.170. The van der Waals surface area contributed by atoms with Crippen molar-refractivity contribution in [2.45, 2.75) is 19.8 Å². The van der Waals surface area contributed by atoms with E-state index in [4.69, 9.17) is 11.6 Å². The van der Waals surface area contributed by atoms with Gasteiger partial charge in [0.15, 0.2) is 5.82 Å². The number of hydrogen-bond donors (Lipinski definition) is 3. The molecule has 0 fully saturated rings. The smallest absolute Gasteiger partial charge is 0.251 e. The van der Waals surface area contributed by atoms with Gasteiger partial charge in [-0.05, 0) is 0 Å². The highest BCUT2D eigenvalue weighted by atomic mass is 16.1. The monoisotopic (exact) mass is 261 g/mol. The van der Waals surface area contributed by atoms with Gasteiger partial charge in [-0.1, -0.05) is 13.8 Å². The van der Waals surface area contributed by atoms with Crippen LogP contribution < -0.4 is 17.0 Å². The Hall–Kier alpha value is -2.48. The summed E-state index contributed by atoms with van der Waals surface area (Å²) in [7, 11) is 0. The molecule has 0 saturated carbocycles. The van der Waals surface area contributed by atoms with Crippen LogP contribution in [0.25, 0.3) is 5.82 Å². The quantitative estimate of drug-likeness (QED) is 0.532. The lowest BCUT2D eigenvalue weighted by atomic mass is 10.2. The van der Waals surface area contributed by atoms with E-state index in [9.17, 15) is 4.79 Å². The van der Waals surface area contributed by atoms with E-state index in [1.807, 2.05) is 13.8 Å². The lowest BCUT2D eigenvalue weighted by Crippen LogP contribution is -2.13. The standard InChI is InChI=1S/C11H15N7O/c1-6(2)11-15-8(17-13)3-9(16-11)18-5-7(4-14-18)10(12)19/h3-6H,13H2,1-2H3,(H2,12,19)(H,15,16,17). The summed E-state index contributed by atoms with van der Waals surface area (Å²) >= 11 is 0. The highest BCUT2D eigenvalue weighted by molar-refractivity contribution is 5.92. The zero-order valence-electron chi connectivity index (χ0n) is 10.7. The van der Waals surface area contributed by atoms with E-state index in [0.717, 1.165) is 0 Å². The Morgan fingerprint density at radius 2 is 2.16 bits per heavy atom. The first-order valence-electron chi connectivity index (χ1n) is 5.71. The predicted molar refractivity (Wildman–Crippen MR) is 69.6 cm³/mol. The summed E-state index contributed by atoms with van der Waals surface area (Å²) in [6, 6.07) is 1.63. The highest BCUT2D eigenvalue weighted by Gasteiger charge is 2.11. The summed E-state index contributed by atoms with van der Waals surface area (Å²) < 4.78 is 1.45. The highest BCUT2D eigenvalue weighted by Crippen LogP contribution is 2.16. The van der Waals surface area contributed by atoms with Crippen molar-refractivity contribution >= 4 is 11.7 Å². The first-order chi connectivity index (χ1) is 9.01. The number of amides is 1. The fourth-order valence-corrected chi connectivity index (χ4v) is 1.48. The van der Waals surface area contributed by atoms with Gasteiger partial charge in [-0.15, -0.1) is 0 Å².